The third-order valence-electron chi connectivity index (χ3n) is 2.96. The Hall–Kier alpha value is -1.76. The van der Waals surface area contributed by atoms with E-state index in [2.05, 4.69) is 15.6 Å². The van der Waals surface area contributed by atoms with E-state index in [0.717, 1.165) is 11.3 Å². The third kappa shape index (κ3) is 6.48. The number of hydrogen-bond donors (Lipinski definition) is 2. The van der Waals surface area contributed by atoms with Crippen LogP contribution in [-0.2, 0) is 16.4 Å². The number of hydrogen-bond acceptors (Lipinski definition) is 4. The minimum Gasteiger partial charge on any atom is -0.497 e. The first-order valence-electron chi connectivity index (χ1n) is 6.78. The van der Waals surface area contributed by atoms with Crippen molar-refractivity contribution in [1.82, 2.24) is 10.6 Å². The molecule has 0 saturated carbocycles. The Morgan fingerprint density at radius 3 is 2.71 bits per heavy atom. The second-order valence-electron chi connectivity index (χ2n) is 4.44. The second-order valence-corrected chi connectivity index (χ2v) is 6.91. The zero-order valence-electron chi connectivity index (χ0n) is 12.7. The van der Waals surface area contributed by atoms with Crippen molar-refractivity contribution in [3.05, 3.63) is 29.8 Å². The minimum atomic E-state index is -2.96. The SMILES string of the molecule is CCS(=O)(=O)CCNC(=NC)NCc1cccc(OC)c1. The largest absolute Gasteiger partial charge is 0.497 e. The number of ether oxygens (including phenoxy) is 1. The van der Waals surface area contributed by atoms with E-state index >= 15 is 0 Å². The number of rotatable bonds is 7. The van der Waals surface area contributed by atoms with Crippen molar-refractivity contribution in [1.29, 1.82) is 0 Å². The summed E-state index contributed by atoms with van der Waals surface area (Å²) in [5.74, 6) is 1.63. The van der Waals surface area contributed by atoms with Gasteiger partial charge in [-0.1, -0.05) is 19.1 Å². The summed E-state index contributed by atoms with van der Waals surface area (Å²) in [6.07, 6.45) is 0. The van der Waals surface area contributed by atoms with Crippen LogP contribution in [0.2, 0.25) is 0 Å². The van der Waals surface area contributed by atoms with E-state index in [9.17, 15) is 8.42 Å². The van der Waals surface area contributed by atoms with E-state index in [1.807, 2.05) is 24.3 Å². The molecule has 1 aromatic carbocycles. The van der Waals surface area contributed by atoms with Crippen LogP contribution in [0.15, 0.2) is 29.3 Å². The molecule has 0 heterocycles. The number of sulfone groups is 1. The molecule has 0 unspecified atom stereocenters. The van der Waals surface area contributed by atoms with E-state index in [-0.39, 0.29) is 11.5 Å². The molecule has 0 amide bonds. The summed E-state index contributed by atoms with van der Waals surface area (Å²) in [6, 6.07) is 7.71. The molecule has 21 heavy (non-hydrogen) atoms. The molecular formula is C14H23N3O3S. The Kier molecular flexibility index (Phi) is 7.01. The van der Waals surface area contributed by atoms with Gasteiger partial charge in [-0.05, 0) is 17.7 Å². The van der Waals surface area contributed by atoms with Crippen molar-refractivity contribution in [3.8, 4) is 5.75 Å². The van der Waals surface area contributed by atoms with Crippen LogP contribution in [0.1, 0.15) is 12.5 Å². The van der Waals surface area contributed by atoms with E-state index in [1.54, 1.807) is 21.1 Å². The van der Waals surface area contributed by atoms with Crippen molar-refractivity contribution in [2.75, 3.05) is 32.2 Å². The van der Waals surface area contributed by atoms with Gasteiger partial charge in [0.25, 0.3) is 0 Å². The van der Waals surface area contributed by atoms with Gasteiger partial charge in [-0.15, -0.1) is 0 Å². The van der Waals surface area contributed by atoms with Gasteiger partial charge in [0.15, 0.2) is 15.8 Å². The molecule has 2 N–H and O–H groups in total. The molecule has 0 atom stereocenters. The fourth-order valence-electron chi connectivity index (χ4n) is 1.66. The smallest absolute Gasteiger partial charge is 0.191 e. The lowest BCUT2D eigenvalue weighted by atomic mass is 10.2. The summed E-state index contributed by atoms with van der Waals surface area (Å²) in [7, 11) is 0.313. The van der Waals surface area contributed by atoms with Crippen LogP contribution < -0.4 is 15.4 Å². The predicted molar refractivity (Wildman–Crippen MR) is 85.5 cm³/mol. The van der Waals surface area contributed by atoms with Crippen LogP contribution in [0.5, 0.6) is 5.75 Å². The van der Waals surface area contributed by atoms with Crippen LogP contribution in [0.4, 0.5) is 0 Å². The van der Waals surface area contributed by atoms with Gasteiger partial charge in [-0.25, -0.2) is 8.42 Å². The highest BCUT2D eigenvalue weighted by atomic mass is 32.2. The first-order valence-corrected chi connectivity index (χ1v) is 8.60. The van der Waals surface area contributed by atoms with Crippen LogP contribution in [-0.4, -0.2) is 46.6 Å². The molecule has 7 heteroatoms. The molecule has 0 saturated heterocycles. The highest BCUT2D eigenvalue weighted by Crippen LogP contribution is 2.11. The highest BCUT2D eigenvalue weighted by molar-refractivity contribution is 7.91. The lowest BCUT2D eigenvalue weighted by Gasteiger charge is -2.12. The molecule has 118 valence electrons. The number of nitrogens with one attached hydrogen (secondary N) is 2. The topological polar surface area (TPSA) is 79.8 Å². The molecule has 0 aliphatic heterocycles. The number of benzene rings is 1. The van der Waals surface area contributed by atoms with Gasteiger partial charge in [-0.2, -0.15) is 0 Å². The minimum absolute atomic E-state index is 0.101. The first kappa shape index (κ1) is 17.3. The van der Waals surface area contributed by atoms with Crippen molar-refractivity contribution >= 4 is 15.8 Å². The third-order valence-corrected chi connectivity index (χ3v) is 4.67. The average Bonchev–Trinajstić information content (AvgIpc) is 2.50. The predicted octanol–water partition coefficient (Wildman–Crippen LogP) is 0.795. The molecular weight excluding hydrogens is 290 g/mol. The lowest BCUT2D eigenvalue weighted by Crippen LogP contribution is -2.39. The molecule has 0 aromatic heterocycles. The quantitative estimate of drug-likeness (QED) is 0.575. The fourth-order valence-corrected chi connectivity index (χ4v) is 2.36. The number of nitrogens with zero attached hydrogens (tertiary/aromatic N) is 1. The molecule has 0 radical (unpaired) electrons. The number of guanidine groups is 1. The maximum atomic E-state index is 11.4. The van der Waals surface area contributed by atoms with Gasteiger partial charge < -0.3 is 15.4 Å². The van der Waals surface area contributed by atoms with E-state index < -0.39 is 9.84 Å². The Bertz CT molecular complexity index is 571. The van der Waals surface area contributed by atoms with Gasteiger partial charge in [0.05, 0.1) is 12.9 Å². The summed E-state index contributed by atoms with van der Waals surface area (Å²) in [5, 5.41) is 6.12. The molecule has 0 aliphatic carbocycles. The molecule has 6 nitrogen and oxygen atoms in total. The fraction of sp³-hybridized carbons (Fsp3) is 0.500. The van der Waals surface area contributed by atoms with Gasteiger partial charge in [0.2, 0.25) is 0 Å². The van der Waals surface area contributed by atoms with Crippen LogP contribution in [0.25, 0.3) is 0 Å². The monoisotopic (exact) mass is 313 g/mol. The standard InChI is InChI=1S/C14H23N3O3S/c1-4-21(18,19)9-8-16-14(15-2)17-11-12-6-5-7-13(10-12)20-3/h5-7,10H,4,8-9,11H2,1-3H3,(H2,15,16,17). The van der Waals surface area contributed by atoms with Crippen molar-refractivity contribution in [2.45, 2.75) is 13.5 Å². The van der Waals surface area contributed by atoms with Crippen LogP contribution in [0.3, 0.4) is 0 Å². The Balaban J connectivity index is 2.44. The molecule has 0 aliphatic rings. The van der Waals surface area contributed by atoms with Gasteiger partial charge in [0.1, 0.15) is 5.75 Å². The number of methoxy groups -OCH3 is 1. The van der Waals surface area contributed by atoms with Crippen LogP contribution in [0, 0.1) is 0 Å². The van der Waals surface area contributed by atoms with Gasteiger partial charge in [-0.3, -0.25) is 4.99 Å². The molecule has 1 aromatic rings. The summed E-state index contributed by atoms with van der Waals surface area (Å²) in [4.78, 5) is 4.06. The zero-order chi connectivity index (χ0) is 15.7. The summed E-state index contributed by atoms with van der Waals surface area (Å²) in [6.45, 7) is 2.57. The normalized spacial score (nSPS) is 12.0. The lowest BCUT2D eigenvalue weighted by molar-refractivity contribution is 0.414. The van der Waals surface area contributed by atoms with Gasteiger partial charge in [0, 0.05) is 25.9 Å². The first-order chi connectivity index (χ1) is 10.0. The summed E-state index contributed by atoms with van der Waals surface area (Å²) < 4.78 is 28.0. The van der Waals surface area contributed by atoms with E-state index in [4.69, 9.17) is 4.74 Å². The second kappa shape index (κ2) is 8.51. The average molecular weight is 313 g/mol. The molecule has 1 rings (SSSR count). The molecule has 0 fully saturated rings. The summed E-state index contributed by atoms with van der Waals surface area (Å²) >= 11 is 0. The zero-order valence-corrected chi connectivity index (χ0v) is 13.5. The number of aliphatic imine (C=N–C) groups is 1. The molecule has 0 spiro atoms. The maximum Gasteiger partial charge on any atom is 0.191 e. The highest BCUT2D eigenvalue weighted by Gasteiger charge is 2.07. The van der Waals surface area contributed by atoms with Crippen molar-refractivity contribution in [3.63, 3.8) is 0 Å². The van der Waals surface area contributed by atoms with E-state index in [1.165, 1.54) is 0 Å². The van der Waals surface area contributed by atoms with E-state index in [0.29, 0.717) is 19.0 Å². The van der Waals surface area contributed by atoms with Crippen molar-refractivity contribution < 1.29 is 13.2 Å². The maximum absolute atomic E-state index is 11.4. The van der Waals surface area contributed by atoms with Crippen LogP contribution >= 0.6 is 0 Å². The Morgan fingerprint density at radius 1 is 1.33 bits per heavy atom. The summed E-state index contributed by atoms with van der Waals surface area (Å²) in [5.41, 5.74) is 1.05. The van der Waals surface area contributed by atoms with Gasteiger partial charge >= 0.3 is 0 Å². The van der Waals surface area contributed by atoms with Crippen molar-refractivity contribution in [2.24, 2.45) is 4.99 Å². The Labute approximate surface area is 126 Å². The Morgan fingerprint density at radius 2 is 2.10 bits per heavy atom. The molecule has 0 bridgehead atoms.